The number of fused-ring (bicyclic) bond motifs is 1. The first kappa shape index (κ1) is 19.1. The van der Waals surface area contributed by atoms with Crippen LogP contribution in [0.3, 0.4) is 0 Å². The molecule has 3 N–H and O–H groups in total. The molecule has 5 aromatic rings. The quantitative estimate of drug-likeness (QED) is 0.424. The van der Waals surface area contributed by atoms with E-state index in [1.54, 1.807) is 6.33 Å². The van der Waals surface area contributed by atoms with Gasteiger partial charge in [0, 0.05) is 0 Å². The van der Waals surface area contributed by atoms with Crippen molar-refractivity contribution in [2.45, 2.75) is 0 Å². The molecule has 0 saturated carbocycles. The predicted octanol–water partition coefficient (Wildman–Crippen LogP) is 5.76. The third-order valence-electron chi connectivity index (χ3n) is 4.40. The van der Waals surface area contributed by atoms with Crippen LogP contribution in [0.15, 0.2) is 116 Å². The fourth-order valence-corrected chi connectivity index (χ4v) is 3.02. The van der Waals surface area contributed by atoms with Crippen molar-refractivity contribution in [1.29, 1.82) is 0 Å². The first-order valence-electron chi connectivity index (χ1n) is 8.99. The highest BCUT2D eigenvalue weighted by Crippen LogP contribution is 2.25. The third kappa shape index (κ3) is 4.53. The Bertz CT molecular complexity index is 1030. The van der Waals surface area contributed by atoms with E-state index in [1.165, 1.54) is 22.3 Å². The van der Waals surface area contributed by atoms with Gasteiger partial charge in [-0.1, -0.05) is 91.0 Å². The first-order chi connectivity index (χ1) is 13.4. The molecule has 0 radical (unpaired) electrons. The summed E-state index contributed by atoms with van der Waals surface area (Å²) >= 11 is 0. The van der Waals surface area contributed by atoms with Crippen LogP contribution in [0.4, 0.5) is 0 Å². The molecule has 3 heteroatoms. The molecular weight excluding hydrogens is 344 g/mol. The zero-order chi connectivity index (χ0) is 18.3. The number of aromatic amines is 1. The lowest BCUT2D eigenvalue weighted by molar-refractivity contribution is 0.824. The number of rotatable bonds is 2. The molecule has 0 bridgehead atoms. The van der Waals surface area contributed by atoms with Gasteiger partial charge in [0.1, 0.15) is 0 Å². The molecule has 0 spiro atoms. The number of imidazole rings is 1. The number of nitrogens with zero attached hydrogens (tertiary/aromatic N) is 1. The number of hydrogen-bond donors (Lipinski definition) is 1. The van der Waals surface area contributed by atoms with Crippen molar-refractivity contribution < 1.29 is 5.48 Å². The Labute approximate surface area is 164 Å². The second-order valence-corrected chi connectivity index (χ2v) is 6.23. The van der Waals surface area contributed by atoms with Gasteiger partial charge in [0.05, 0.1) is 17.4 Å². The Kier molecular flexibility index (Phi) is 6.34. The maximum absolute atomic E-state index is 4.06. The lowest BCUT2D eigenvalue weighted by Crippen LogP contribution is -1.80. The minimum absolute atomic E-state index is 0. The van der Waals surface area contributed by atoms with Gasteiger partial charge in [0.25, 0.3) is 0 Å². The van der Waals surface area contributed by atoms with E-state index in [9.17, 15) is 0 Å². The molecule has 4 aromatic carbocycles. The molecule has 0 saturated heterocycles. The maximum atomic E-state index is 4.06. The van der Waals surface area contributed by atoms with E-state index >= 15 is 0 Å². The molecule has 0 atom stereocenters. The maximum Gasteiger partial charge on any atom is 0.0931 e. The van der Waals surface area contributed by atoms with Crippen molar-refractivity contribution >= 4 is 11.0 Å². The number of hydrogen-bond acceptors (Lipinski definition) is 1. The van der Waals surface area contributed by atoms with E-state index in [0.29, 0.717) is 0 Å². The van der Waals surface area contributed by atoms with Crippen LogP contribution in [-0.2, 0) is 0 Å². The Hall–Kier alpha value is -3.69. The summed E-state index contributed by atoms with van der Waals surface area (Å²) in [6.07, 6.45) is 1.70. The molecular formula is C25H22N2O. The van der Waals surface area contributed by atoms with Gasteiger partial charge in [0.15, 0.2) is 0 Å². The van der Waals surface area contributed by atoms with E-state index in [0.717, 1.165) is 11.0 Å². The van der Waals surface area contributed by atoms with Gasteiger partial charge < -0.3 is 10.5 Å². The number of aromatic nitrogens is 2. The van der Waals surface area contributed by atoms with Gasteiger partial charge in [0.2, 0.25) is 0 Å². The molecule has 0 fully saturated rings. The summed E-state index contributed by atoms with van der Waals surface area (Å²) in [6.45, 7) is 0. The molecule has 1 heterocycles. The highest BCUT2D eigenvalue weighted by atomic mass is 16.0. The Morgan fingerprint density at radius 3 is 1.57 bits per heavy atom. The molecule has 28 heavy (non-hydrogen) atoms. The molecule has 0 unspecified atom stereocenters. The second-order valence-electron chi connectivity index (χ2n) is 6.23. The summed E-state index contributed by atoms with van der Waals surface area (Å²) in [5.41, 5.74) is 7.16. The molecule has 0 amide bonds. The van der Waals surface area contributed by atoms with Crippen LogP contribution in [0.2, 0.25) is 0 Å². The minimum atomic E-state index is 0. The lowest BCUT2D eigenvalue weighted by Gasteiger charge is -2.05. The van der Waals surface area contributed by atoms with Gasteiger partial charge in [-0.2, -0.15) is 0 Å². The van der Waals surface area contributed by atoms with Crippen LogP contribution >= 0.6 is 0 Å². The summed E-state index contributed by atoms with van der Waals surface area (Å²) in [4.78, 5) is 7.07. The minimum Gasteiger partial charge on any atom is -0.412 e. The summed E-state index contributed by atoms with van der Waals surface area (Å²) < 4.78 is 0. The predicted molar refractivity (Wildman–Crippen MR) is 117 cm³/mol. The average molecular weight is 366 g/mol. The summed E-state index contributed by atoms with van der Waals surface area (Å²) in [5.74, 6) is 0. The lowest BCUT2D eigenvalue weighted by atomic mass is 9.99. The Balaban J connectivity index is 0.000000189. The summed E-state index contributed by atoms with van der Waals surface area (Å²) in [6, 6.07) is 37.6. The van der Waals surface area contributed by atoms with Gasteiger partial charge in [-0.05, 0) is 40.5 Å². The number of nitrogens with one attached hydrogen (secondary N) is 1. The van der Waals surface area contributed by atoms with Crippen molar-refractivity contribution in [2.75, 3.05) is 0 Å². The molecule has 0 aliphatic heterocycles. The van der Waals surface area contributed by atoms with E-state index in [-0.39, 0.29) is 5.48 Å². The SMILES string of the molecule is O.c1ccc(-c2cccc(-c3ccccc3)c2)cc1.c1ccc2[nH]cnc2c1. The van der Waals surface area contributed by atoms with Crippen molar-refractivity contribution in [2.24, 2.45) is 0 Å². The summed E-state index contributed by atoms with van der Waals surface area (Å²) in [5, 5.41) is 0. The number of para-hydroxylation sites is 2. The monoisotopic (exact) mass is 366 g/mol. The highest BCUT2D eigenvalue weighted by molar-refractivity contribution is 5.74. The van der Waals surface area contributed by atoms with Gasteiger partial charge in [-0.3, -0.25) is 0 Å². The average Bonchev–Trinajstić information content (AvgIpc) is 3.25. The largest absolute Gasteiger partial charge is 0.412 e. The first-order valence-corrected chi connectivity index (χ1v) is 8.99. The number of benzene rings is 4. The molecule has 5 rings (SSSR count). The highest BCUT2D eigenvalue weighted by Gasteiger charge is 2.00. The topological polar surface area (TPSA) is 60.2 Å². The standard InChI is InChI=1S/C18H14.C7H6N2.H2O/c1-3-8-15(9-4-1)17-12-7-13-18(14-17)16-10-5-2-6-11-16;1-2-4-7-6(3-1)8-5-9-7;/h1-14H;1-5H,(H,8,9);1H2. The van der Waals surface area contributed by atoms with Crippen LogP contribution in [0.1, 0.15) is 0 Å². The van der Waals surface area contributed by atoms with Crippen molar-refractivity contribution in [3.63, 3.8) is 0 Å². The van der Waals surface area contributed by atoms with E-state index in [1.807, 2.05) is 36.4 Å². The van der Waals surface area contributed by atoms with Crippen LogP contribution in [0.25, 0.3) is 33.3 Å². The van der Waals surface area contributed by atoms with Gasteiger partial charge in [-0.15, -0.1) is 0 Å². The number of H-pyrrole nitrogens is 1. The fraction of sp³-hybridized carbons (Fsp3) is 0. The molecule has 0 aliphatic carbocycles. The van der Waals surface area contributed by atoms with Gasteiger partial charge in [-0.25, -0.2) is 4.98 Å². The van der Waals surface area contributed by atoms with Crippen molar-refractivity contribution in [1.82, 2.24) is 9.97 Å². The van der Waals surface area contributed by atoms with Crippen LogP contribution in [-0.4, -0.2) is 15.4 Å². The zero-order valence-electron chi connectivity index (χ0n) is 15.4. The van der Waals surface area contributed by atoms with Crippen LogP contribution in [0.5, 0.6) is 0 Å². The second kappa shape index (κ2) is 9.31. The van der Waals surface area contributed by atoms with Gasteiger partial charge >= 0.3 is 0 Å². The molecule has 3 nitrogen and oxygen atoms in total. The van der Waals surface area contributed by atoms with E-state index in [2.05, 4.69) is 82.8 Å². The van der Waals surface area contributed by atoms with E-state index in [4.69, 9.17) is 0 Å². The third-order valence-corrected chi connectivity index (χ3v) is 4.40. The molecule has 0 aliphatic rings. The smallest absolute Gasteiger partial charge is 0.0931 e. The van der Waals surface area contributed by atoms with Crippen LogP contribution in [0, 0.1) is 0 Å². The summed E-state index contributed by atoms with van der Waals surface area (Å²) in [7, 11) is 0. The normalized spacial score (nSPS) is 9.86. The Morgan fingerprint density at radius 1 is 0.500 bits per heavy atom. The van der Waals surface area contributed by atoms with Crippen molar-refractivity contribution in [3.05, 3.63) is 116 Å². The molecule has 138 valence electrons. The van der Waals surface area contributed by atoms with Crippen LogP contribution < -0.4 is 0 Å². The van der Waals surface area contributed by atoms with Crippen molar-refractivity contribution in [3.8, 4) is 22.3 Å². The zero-order valence-corrected chi connectivity index (χ0v) is 15.4. The molecule has 1 aromatic heterocycles. The fourth-order valence-electron chi connectivity index (χ4n) is 3.02. The van der Waals surface area contributed by atoms with E-state index < -0.39 is 0 Å². The Morgan fingerprint density at radius 2 is 1.00 bits per heavy atom.